The molecule has 3 aromatic rings. The highest BCUT2D eigenvalue weighted by Crippen LogP contribution is 2.28. The molecule has 0 amide bonds. The number of piperazine rings is 1. The fourth-order valence-corrected chi connectivity index (χ4v) is 4.53. The normalized spacial score (nSPS) is 18.3. The first-order chi connectivity index (χ1) is 13.2. The lowest BCUT2D eigenvalue weighted by Gasteiger charge is -2.40. The van der Waals surface area contributed by atoms with Gasteiger partial charge in [-0.3, -0.25) is 0 Å². The van der Waals surface area contributed by atoms with Crippen molar-refractivity contribution in [3.8, 4) is 5.69 Å². The smallest absolute Gasteiger partial charge is 0.123 e. The van der Waals surface area contributed by atoms with Crippen LogP contribution < -0.4 is 4.90 Å². The molecule has 4 nitrogen and oxygen atoms in total. The van der Waals surface area contributed by atoms with Crippen LogP contribution >= 0.6 is 11.9 Å². The summed E-state index contributed by atoms with van der Waals surface area (Å²) < 4.78 is 17.6. The predicted octanol–water partition coefficient (Wildman–Crippen LogP) is 4.73. The Hall–Kier alpha value is -2.05. The van der Waals surface area contributed by atoms with E-state index in [2.05, 4.69) is 46.4 Å². The van der Waals surface area contributed by atoms with Crippen LogP contribution in [0.5, 0.6) is 0 Å². The second kappa shape index (κ2) is 7.90. The van der Waals surface area contributed by atoms with Gasteiger partial charge in [0, 0.05) is 42.5 Å². The third-order valence-electron chi connectivity index (χ3n) is 5.02. The van der Waals surface area contributed by atoms with E-state index < -0.39 is 0 Å². The highest BCUT2D eigenvalue weighted by Gasteiger charge is 2.24. The molecule has 27 heavy (non-hydrogen) atoms. The molecule has 1 aromatic heterocycles. The number of halogens is 1. The number of hydrogen-bond acceptors (Lipinski definition) is 4. The number of benzene rings is 2. The summed E-state index contributed by atoms with van der Waals surface area (Å²) in [5.41, 5.74) is 3.15. The van der Waals surface area contributed by atoms with Crippen molar-refractivity contribution in [2.75, 3.05) is 30.3 Å². The minimum atomic E-state index is -0.233. The van der Waals surface area contributed by atoms with E-state index >= 15 is 0 Å². The standard InChI is InChI=1S/C21H25FN4S/c1-3-12-27-25-11-10-24(15-16(25)2)20-8-9-21-17(13-20)14-23-26(21)19-6-4-18(22)5-7-19/h4-9,13-14,16H,3,10-12,15H2,1-2H3. The predicted molar refractivity (Wildman–Crippen MR) is 112 cm³/mol. The molecule has 1 unspecified atom stereocenters. The SMILES string of the molecule is CCCSN1CCN(c2ccc3c(cnn3-c3ccc(F)cc3)c2)CC1C. The minimum Gasteiger partial charge on any atom is -0.369 e. The van der Waals surface area contributed by atoms with Crippen molar-refractivity contribution in [1.29, 1.82) is 0 Å². The number of hydrogen-bond donors (Lipinski definition) is 0. The summed E-state index contributed by atoms with van der Waals surface area (Å²) in [4.78, 5) is 2.46. The van der Waals surface area contributed by atoms with Crippen molar-refractivity contribution in [3.05, 3.63) is 54.5 Å². The van der Waals surface area contributed by atoms with E-state index in [0.29, 0.717) is 6.04 Å². The third-order valence-corrected chi connectivity index (χ3v) is 6.48. The largest absolute Gasteiger partial charge is 0.369 e. The molecule has 0 bridgehead atoms. The Kier molecular flexibility index (Phi) is 5.36. The number of rotatable bonds is 5. The van der Waals surface area contributed by atoms with Gasteiger partial charge in [-0.2, -0.15) is 5.10 Å². The highest BCUT2D eigenvalue weighted by molar-refractivity contribution is 7.97. The molecule has 6 heteroatoms. The molecule has 0 N–H and O–H groups in total. The van der Waals surface area contributed by atoms with Crippen LogP contribution in [0.3, 0.4) is 0 Å². The van der Waals surface area contributed by atoms with Crippen molar-refractivity contribution < 1.29 is 4.39 Å². The topological polar surface area (TPSA) is 24.3 Å². The van der Waals surface area contributed by atoms with E-state index in [0.717, 1.165) is 36.2 Å². The molecule has 1 fully saturated rings. The van der Waals surface area contributed by atoms with Gasteiger partial charge >= 0.3 is 0 Å². The zero-order valence-electron chi connectivity index (χ0n) is 15.8. The van der Waals surface area contributed by atoms with Crippen molar-refractivity contribution in [2.24, 2.45) is 0 Å². The molecule has 0 radical (unpaired) electrons. The van der Waals surface area contributed by atoms with Gasteiger partial charge in [0.15, 0.2) is 0 Å². The van der Waals surface area contributed by atoms with Crippen LogP contribution in [0.1, 0.15) is 20.3 Å². The van der Waals surface area contributed by atoms with Crippen LogP contribution in [0.4, 0.5) is 10.1 Å². The first kappa shape index (κ1) is 18.3. The first-order valence-corrected chi connectivity index (χ1v) is 10.5. The van der Waals surface area contributed by atoms with Gasteiger partial charge in [-0.05, 0) is 55.8 Å². The minimum absolute atomic E-state index is 0.233. The monoisotopic (exact) mass is 384 g/mol. The van der Waals surface area contributed by atoms with E-state index in [1.165, 1.54) is 30.0 Å². The van der Waals surface area contributed by atoms with Crippen LogP contribution in [0.2, 0.25) is 0 Å². The summed E-state index contributed by atoms with van der Waals surface area (Å²) in [5.74, 6) is 0.960. The molecular formula is C21H25FN4S. The summed E-state index contributed by atoms with van der Waals surface area (Å²) in [6.45, 7) is 7.70. The molecule has 1 atom stereocenters. The molecule has 4 rings (SSSR count). The number of aromatic nitrogens is 2. The molecule has 142 valence electrons. The van der Waals surface area contributed by atoms with Crippen molar-refractivity contribution >= 4 is 28.5 Å². The zero-order valence-corrected chi connectivity index (χ0v) is 16.6. The van der Waals surface area contributed by atoms with Gasteiger partial charge in [0.1, 0.15) is 5.82 Å². The summed E-state index contributed by atoms with van der Waals surface area (Å²) in [7, 11) is 0. The second-order valence-electron chi connectivity index (χ2n) is 7.04. The van der Waals surface area contributed by atoms with Crippen LogP contribution in [0.25, 0.3) is 16.6 Å². The van der Waals surface area contributed by atoms with E-state index in [1.54, 1.807) is 12.1 Å². The van der Waals surface area contributed by atoms with Gasteiger partial charge < -0.3 is 4.90 Å². The maximum atomic E-state index is 13.2. The molecule has 2 heterocycles. The Morgan fingerprint density at radius 3 is 2.63 bits per heavy atom. The Balaban J connectivity index is 1.54. The van der Waals surface area contributed by atoms with Gasteiger partial charge in [-0.25, -0.2) is 13.4 Å². The van der Waals surface area contributed by atoms with E-state index in [1.807, 2.05) is 22.8 Å². The van der Waals surface area contributed by atoms with Gasteiger partial charge in [-0.1, -0.05) is 18.9 Å². The fourth-order valence-electron chi connectivity index (χ4n) is 3.58. The van der Waals surface area contributed by atoms with Crippen molar-refractivity contribution in [3.63, 3.8) is 0 Å². The number of fused-ring (bicyclic) bond motifs is 1. The van der Waals surface area contributed by atoms with Crippen LogP contribution in [0, 0.1) is 5.82 Å². The van der Waals surface area contributed by atoms with E-state index in [4.69, 9.17) is 0 Å². The van der Waals surface area contributed by atoms with Gasteiger partial charge in [0.2, 0.25) is 0 Å². The second-order valence-corrected chi connectivity index (χ2v) is 8.18. The average Bonchev–Trinajstić information content (AvgIpc) is 3.11. The lowest BCUT2D eigenvalue weighted by Crippen LogP contribution is -2.49. The Morgan fingerprint density at radius 2 is 1.89 bits per heavy atom. The Bertz CT molecular complexity index is 908. The zero-order chi connectivity index (χ0) is 18.8. The molecule has 0 saturated carbocycles. The molecule has 0 spiro atoms. The summed E-state index contributed by atoms with van der Waals surface area (Å²) in [6, 6.07) is 13.5. The lowest BCUT2D eigenvalue weighted by molar-refractivity contribution is 0.336. The first-order valence-electron chi connectivity index (χ1n) is 9.54. The van der Waals surface area contributed by atoms with Gasteiger partial charge in [0.25, 0.3) is 0 Å². The Labute approximate surface area is 164 Å². The Morgan fingerprint density at radius 1 is 1.11 bits per heavy atom. The van der Waals surface area contributed by atoms with Gasteiger partial charge in [-0.15, -0.1) is 0 Å². The number of nitrogens with zero attached hydrogens (tertiary/aromatic N) is 4. The highest BCUT2D eigenvalue weighted by atomic mass is 32.2. The molecule has 1 aliphatic rings. The van der Waals surface area contributed by atoms with Crippen LogP contribution in [0.15, 0.2) is 48.7 Å². The van der Waals surface area contributed by atoms with Crippen molar-refractivity contribution in [2.45, 2.75) is 26.3 Å². The average molecular weight is 385 g/mol. The lowest BCUT2D eigenvalue weighted by atomic mass is 10.1. The van der Waals surface area contributed by atoms with Gasteiger partial charge in [0.05, 0.1) is 17.4 Å². The maximum Gasteiger partial charge on any atom is 0.123 e. The third kappa shape index (κ3) is 3.82. The van der Waals surface area contributed by atoms with Crippen LogP contribution in [-0.4, -0.2) is 45.5 Å². The molecule has 1 saturated heterocycles. The van der Waals surface area contributed by atoms with Crippen molar-refractivity contribution in [1.82, 2.24) is 14.1 Å². The molecule has 0 aliphatic carbocycles. The maximum absolute atomic E-state index is 13.2. The van der Waals surface area contributed by atoms with E-state index in [9.17, 15) is 4.39 Å². The summed E-state index contributed by atoms with van der Waals surface area (Å²) in [5, 5.41) is 5.61. The van der Waals surface area contributed by atoms with E-state index in [-0.39, 0.29) is 5.82 Å². The fraction of sp³-hybridized carbons (Fsp3) is 0.381. The molecule has 1 aliphatic heterocycles. The quantitative estimate of drug-likeness (QED) is 0.594. The number of anilines is 1. The summed E-state index contributed by atoms with van der Waals surface area (Å²) >= 11 is 1.97. The summed E-state index contributed by atoms with van der Waals surface area (Å²) in [6.07, 6.45) is 3.10. The molecular weight excluding hydrogens is 359 g/mol. The molecule has 2 aromatic carbocycles. The van der Waals surface area contributed by atoms with Crippen LogP contribution in [-0.2, 0) is 0 Å².